The van der Waals surface area contributed by atoms with Gasteiger partial charge in [0.1, 0.15) is 0 Å². The molecule has 0 unspecified atom stereocenters. The summed E-state index contributed by atoms with van der Waals surface area (Å²) in [5.74, 6) is 1.37. The molecule has 0 atom stereocenters. The van der Waals surface area contributed by atoms with Gasteiger partial charge in [-0.25, -0.2) is 4.98 Å². The van der Waals surface area contributed by atoms with Crippen LogP contribution in [0, 0.1) is 0 Å². The first-order chi connectivity index (χ1) is 14.3. The second kappa shape index (κ2) is 9.18. The quantitative estimate of drug-likeness (QED) is 0.539. The third kappa shape index (κ3) is 4.37. The molecule has 1 aromatic carbocycles. The number of aliphatic hydroxyl groups is 1. The summed E-state index contributed by atoms with van der Waals surface area (Å²) in [5.41, 5.74) is 2.68. The summed E-state index contributed by atoms with van der Waals surface area (Å²) in [6.45, 7) is 0. The highest BCUT2D eigenvalue weighted by Gasteiger charge is 2.24. The lowest BCUT2D eigenvalue weighted by Gasteiger charge is -2.26. The molecule has 0 amide bonds. The summed E-state index contributed by atoms with van der Waals surface area (Å²) in [7, 11) is 0. The number of aliphatic hydroxyl groups excluding tert-OH is 1. The van der Waals surface area contributed by atoms with E-state index < -0.39 is 0 Å². The van der Waals surface area contributed by atoms with Gasteiger partial charge in [-0.15, -0.1) is 12.4 Å². The van der Waals surface area contributed by atoms with E-state index in [1.54, 1.807) is 0 Å². The number of nitrogens with zero attached hydrogens (tertiary/aromatic N) is 4. The van der Waals surface area contributed by atoms with E-state index in [0.717, 1.165) is 48.4 Å². The van der Waals surface area contributed by atoms with Crippen molar-refractivity contribution in [3.05, 3.63) is 36.7 Å². The van der Waals surface area contributed by atoms with Crippen molar-refractivity contribution in [1.29, 1.82) is 0 Å². The van der Waals surface area contributed by atoms with Crippen LogP contribution < -0.4 is 10.6 Å². The van der Waals surface area contributed by atoms with Crippen LogP contribution in [0.25, 0.3) is 11.2 Å². The Labute approximate surface area is 182 Å². The van der Waals surface area contributed by atoms with Crippen LogP contribution in [0.4, 0.5) is 17.5 Å². The molecule has 2 aliphatic rings. The average Bonchev–Trinajstić information content (AvgIpc) is 3.40. The van der Waals surface area contributed by atoms with Crippen LogP contribution in [0.1, 0.15) is 57.4 Å². The molecule has 7 nitrogen and oxygen atoms in total. The number of rotatable bonds is 5. The summed E-state index contributed by atoms with van der Waals surface area (Å²) in [6.07, 6.45) is 10.2. The molecule has 2 heterocycles. The Morgan fingerprint density at radius 2 is 1.67 bits per heavy atom. The van der Waals surface area contributed by atoms with Gasteiger partial charge >= 0.3 is 0 Å². The lowest BCUT2D eigenvalue weighted by Crippen LogP contribution is -2.29. The normalized spacial score (nSPS) is 22.0. The SMILES string of the molecule is Cl.OC1CCC(Nc2nc(Nc3ccccc3)c3ncn(C4CCCC4)c3n2)CC1. The summed E-state index contributed by atoms with van der Waals surface area (Å²) < 4.78 is 2.23. The van der Waals surface area contributed by atoms with Crippen LogP contribution in [0.2, 0.25) is 0 Å². The van der Waals surface area contributed by atoms with Crippen molar-refractivity contribution in [3.63, 3.8) is 0 Å². The van der Waals surface area contributed by atoms with Crippen LogP contribution >= 0.6 is 12.4 Å². The largest absolute Gasteiger partial charge is 0.393 e. The predicted molar refractivity (Wildman–Crippen MR) is 122 cm³/mol. The van der Waals surface area contributed by atoms with Crippen molar-refractivity contribution in [2.45, 2.75) is 69.6 Å². The van der Waals surface area contributed by atoms with Gasteiger partial charge in [0.05, 0.1) is 12.4 Å². The molecule has 5 rings (SSSR count). The molecule has 3 aromatic rings. The van der Waals surface area contributed by atoms with Gasteiger partial charge in [-0.1, -0.05) is 31.0 Å². The molecule has 160 valence electrons. The number of hydrogen-bond acceptors (Lipinski definition) is 6. The van der Waals surface area contributed by atoms with Gasteiger partial charge in [0.25, 0.3) is 0 Å². The second-order valence-electron chi connectivity index (χ2n) is 8.30. The average molecular weight is 429 g/mol. The van der Waals surface area contributed by atoms with E-state index in [1.807, 2.05) is 36.7 Å². The molecule has 0 bridgehead atoms. The van der Waals surface area contributed by atoms with Crippen molar-refractivity contribution in [3.8, 4) is 0 Å². The molecule has 2 aliphatic carbocycles. The number of halogens is 1. The zero-order valence-electron chi connectivity index (χ0n) is 17.0. The van der Waals surface area contributed by atoms with Crippen LogP contribution in [0.15, 0.2) is 36.7 Å². The predicted octanol–water partition coefficient (Wildman–Crippen LogP) is 4.82. The van der Waals surface area contributed by atoms with Gasteiger partial charge in [-0.05, 0) is 50.7 Å². The number of aromatic nitrogens is 4. The lowest BCUT2D eigenvalue weighted by atomic mass is 9.93. The van der Waals surface area contributed by atoms with E-state index >= 15 is 0 Å². The topological polar surface area (TPSA) is 87.9 Å². The zero-order valence-corrected chi connectivity index (χ0v) is 17.8. The molecular weight excluding hydrogens is 400 g/mol. The van der Waals surface area contributed by atoms with Crippen LogP contribution in [0.3, 0.4) is 0 Å². The van der Waals surface area contributed by atoms with E-state index in [-0.39, 0.29) is 18.5 Å². The third-order valence-corrected chi connectivity index (χ3v) is 6.21. The minimum atomic E-state index is -0.171. The zero-order chi connectivity index (χ0) is 19.6. The minimum absolute atomic E-state index is 0. The number of anilines is 3. The van der Waals surface area contributed by atoms with Gasteiger partial charge in [-0.3, -0.25) is 0 Å². The highest BCUT2D eigenvalue weighted by molar-refractivity contribution is 5.86. The van der Waals surface area contributed by atoms with E-state index in [9.17, 15) is 5.11 Å². The first-order valence-electron chi connectivity index (χ1n) is 10.8. The maximum atomic E-state index is 9.79. The number of fused-ring (bicyclic) bond motifs is 1. The molecule has 8 heteroatoms. The second-order valence-corrected chi connectivity index (χ2v) is 8.30. The number of hydrogen-bond donors (Lipinski definition) is 3. The van der Waals surface area contributed by atoms with Crippen LogP contribution in [-0.4, -0.2) is 36.8 Å². The Morgan fingerprint density at radius 1 is 0.933 bits per heavy atom. The van der Waals surface area contributed by atoms with Crippen molar-refractivity contribution < 1.29 is 5.11 Å². The molecule has 3 N–H and O–H groups in total. The molecule has 2 fully saturated rings. The summed E-state index contributed by atoms with van der Waals surface area (Å²) >= 11 is 0. The number of para-hydroxylation sites is 1. The molecule has 0 spiro atoms. The van der Waals surface area contributed by atoms with E-state index in [4.69, 9.17) is 9.97 Å². The van der Waals surface area contributed by atoms with Gasteiger partial charge in [0, 0.05) is 17.8 Å². The first-order valence-corrected chi connectivity index (χ1v) is 10.8. The molecular formula is C22H29ClN6O. The maximum Gasteiger partial charge on any atom is 0.227 e. The third-order valence-electron chi connectivity index (χ3n) is 6.21. The number of benzene rings is 1. The molecule has 0 radical (unpaired) electrons. The maximum absolute atomic E-state index is 9.79. The van der Waals surface area contributed by atoms with Crippen LogP contribution in [0.5, 0.6) is 0 Å². The number of imidazole rings is 1. The highest BCUT2D eigenvalue weighted by atomic mass is 35.5. The van der Waals surface area contributed by atoms with E-state index in [2.05, 4.69) is 20.2 Å². The van der Waals surface area contributed by atoms with E-state index in [0.29, 0.717) is 18.0 Å². The fraction of sp³-hybridized carbons (Fsp3) is 0.500. The van der Waals surface area contributed by atoms with Gasteiger partial charge in [-0.2, -0.15) is 9.97 Å². The molecule has 0 aliphatic heterocycles. The smallest absolute Gasteiger partial charge is 0.227 e. The van der Waals surface area contributed by atoms with Gasteiger partial charge in [0.2, 0.25) is 5.95 Å². The summed E-state index contributed by atoms with van der Waals surface area (Å²) in [4.78, 5) is 14.3. The highest BCUT2D eigenvalue weighted by Crippen LogP contribution is 2.34. The fourth-order valence-electron chi connectivity index (χ4n) is 4.58. The van der Waals surface area contributed by atoms with E-state index in [1.165, 1.54) is 25.7 Å². The fourth-order valence-corrected chi connectivity index (χ4v) is 4.58. The molecule has 0 saturated heterocycles. The summed E-state index contributed by atoms with van der Waals surface area (Å²) in [6, 6.07) is 10.8. The Hall–Kier alpha value is -2.38. The van der Waals surface area contributed by atoms with Crippen molar-refractivity contribution >= 4 is 41.0 Å². The Bertz CT molecular complexity index is 964. The Kier molecular flexibility index (Phi) is 6.39. The lowest BCUT2D eigenvalue weighted by molar-refractivity contribution is 0.126. The molecule has 2 saturated carbocycles. The summed E-state index contributed by atoms with van der Waals surface area (Å²) in [5, 5.41) is 16.7. The van der Waals surface area contributed by atoms with Gasteiger partial charge in [0.15, 0.2) is 17.0 Å². The minimum Gasteiger partial charge on any atom is -0.393 e. The molecule has 30 heavy (non-hydrogen) atoms. The van der Waals surface area contributed by atoms with Crippen molar-refractivity contribution in [1.82, 2.24) is 19.5 Å². The van der Waals surface area contributed by atoms with Gasteiger partial charge < -0.3 is 20.3 Å². The number of nitrogens with one attached hydrogen (secondary N) is 2. The standard InChI is InChI=1S/C22H28N6O.ClH/c29-18-12-10-16(11-13-18)25-22-26-20(24-15-6-2-1-3-7-15)19-21(27-22)28(14-23-19)17-8-4-5-9-17;/h1-3,6-7,14,16-18,29H,4-5,8-13H2,(H2,24,25,26,27);1H. The Morgan fingerprint density at radius 3 is 2.40 bits per heavy atom. The Balaban J connectivity index is 0.00000218. The van der Waals surface area contributed by atoms with Crippen molar-refractivity contribution in [2.75, 3.05) is 10.6 Å². The molecule has 2 aromatic heterocycles. The monoisotopic (exact) mass is 428 g/mol. The van der Waals surface area contributed by atoms with Crippen molar-refractivity contribution in [2.24, 2.45) is 0 Å². The first kappa shape index (κ1) is 20.9. The van der Waals surface area contributed by atoms with Crippen LogP contribution in [-0.2, 0) is 0 Å².